The lowest BCUT2D eigenvalue weighted by molar-refractivity contribution is -0.116. The summed E-state index contributed by atoms with van der Waals surface area (Å²) in [4.78, 5) is 13.2. The highest BCUT2D eigenvalue weighted by molar-refractivity contribution is 6.24. The number of rotatable bonds is 5. The van der Waals surface area contributed by atoms with Gasteiger partial charge in [0.2, 0.25) is 0 Å². The fourth-order valence-electron chi connectivity index (χ4n) is 3.24. The minimum Gasteiger partial charge on any atom is -0.345 e. The van der Waals surface area contributed by atoms with Crippen molar-refractivity contribution in [2.24, 2.45) is 0 Å². The first kappa shape index (κ1) is 20.6. The minimum atomic E-state index is -0.0839. The second-order valence-corrected chi connectivity index (χ2v) is 8.40. The van der Waals surface area contributed by atoms with E-state index in [4.69, 9.17) is 0 Å². The molecule has 0 unspecified atom stereocenters. The fraction of sp³-hybridized carbons (Fsp3) is 0.222. The molecule has 29 heavy (non-hydrogen) atoms. The maximum absolute atomic E-state index is 13.2. The molecule has 2 heteroatoms. The minimum absolute atomic E-state index is 0.0764. The van der Waals surface area contributed by atoms with Crippen molar-refractivity contribution in [3.63, 3.8) is 0 Å². The summed E-state index contributed by atoms with van der Waals surface area (Å²) in [6.45, 7) is 8.63. The second kappa shape index (κ2) is 8.91. The molecule has 0 aliphatic rings. The lowest BCUT2D eigenvalue weighted by Gasteiger charge is -2.21. The molecule has 1 N–H and O–H groups in total. The van der Waals surface area contributed by atoms with Crippen LogP contribution in [0, 0.1) is 0 Å². The topological polar surface area (TPSA) is 29.1 Å². The van der Waals surface area contributed by atoms with Gasteiger partial charge in [0.05, 0.1) is 6.04 Å². The highest BCUT2D eigenvalue weighted by Gasteiger charge is 2.17. The largest absolute Gasteiger partial charge is 0.345 e. The summed E-state index contributed by atoms with van der Waals surface area (Å²) in [5, 5.41) is 3.17. The van der Waals surface area contributed by atoms with E-state index in [1.165, 1.54) is 5.56 Å². The van der Waals surface area contributed by atoms with Crippen molar-refractivity contribution in [1.29, 1.82) is 0 Å². The molecule has 0 aliphatic heterocycles. The Morgan fingerprint density at radius 1 is 0.828 bits per heavy atom. The summed E-state index contributed by atoms with van der Waals surface area (Å²) in [5.74, 6) is -0.0764. The number of nitrogens with one attached hydrogen (secondary N) is 1. The van der Waals surface area contributed by atoms with E-state index in [2.05, 4.69) is 50.4 Å². The smallest absolute Gasteiger partial charge is 0.252 e. The van der Waals surface area contributed by atoms with Crippen LogP contribution in [0.3, 0.4) is 0 Å². The highest BCUT2D eigenvalue weighted by Crippen LogP contribution is 2.25. The lowest BCUT2D eigenvalue weighted by atomic mass is 9.86. The van der Waals surface area contributed by atoms with E-state index in [-0.39, 0.29) is 17.4 Å². The molecule has 3 aromatic rings. The van der Waals surface area contributed by atoms with Gasteiger partial charge < -0.3 is 5.32 Å². The van der Waals surface area contributed by atoms with E-state index < -0.39 is 0 Å². The van der Waals surface area contributed by atoms with Gasteiger partial charge in [-0.15, -0.1) is 0 Å². The predicted molar refractivity (Wildman–Crippen MR) is 122 cm³/mol. The van der Waals surface area contributed by atoms with Gasteiger partial charge in [-0.1, -0.05) is 106 Å². The summed E-state index contributed by atoms with van der Waals surface area (Å²) in [5.41, 5.74) is 5.07. The second-order valence-electron chi connectivity index (χ2n) is 8.40. The zero-order valence-corrected chi connectivity index (χ0v) is 17.6. The standard InChI is InChI=1S/C27H29NO/c1-20(22-15-17-24(18-16-22)27(2,3)4)28-26(29)25(23-13-9-6-10-14-23)19-21-11-7-5-8-12-21/h5-20H,1-4H3,(H,28,29)/b25-19+/t20-/m0/s1. The summed E-state index contributed by atoms with van der Waals surface area (Å²) >= 11 is 0. The summed E-state index contributed by atoms with van der Waals surface area (Å²) in [6.07, 6.45) is 1.94. The van der Waals surface area contributed by atoms with E-state index in [9.17, 15) is 4.79 Å². The van der Waals surface area contributed by atoms with Crippen molar-refractivity contribution in [2.45, 2.75) is 39.2 Å². The molecular weight excluding hydrogens is 354 g/mol. The zero-order valence-electron chi connectivity index (χ0n) is 17.6. The first-order valence-corrected chi connectivity index (χ1v) is 10.1. The quantitative estimate of drug-likeness (QED) is 0.401. The van der Waals surface area contributed by atoms with Crippen molar-refractivity contribution in [3.05, 3.63) is 107 Å². The van der Waals surface area contributed by atoms with Crippen LogP contribution in [-0.2, 0) is 10.2 Å². The van der Waals surface area contributed by atoms with Crippen molar-refractivity contribution >= 4 is 17.6 Å². The Morgan fingerprint density at radius 2 is 1.38 bits per heavy atom. The van der Waals surface area contributed by atoms with Crippen molar-refractivity contribution in [1.82, 2.24) is 5.32 Å². The van der Waals surface area contributed by atoms with Gasteiger partial charge in [-0.3, -0.25) is 4.79 Å². The first-order valence-electron chi connectivity index (χ1n) is 10.1. The van der Waals surface area contributed by atoms with Crippen molar-refractivity contribution < 1.29 is 4.79 Å². The molecule has 0 radical (unpaired) electrons. The summed E-state index contributed by atoms with van der Waals surface area (Å²) < 4.78 is 0. The van der Waals surface area contributed by atoms with Crippen molar-refractivity contribution in [2.75, 3.05) is 0 Å². The molecule has 0 saturated heterocycles. The summed E-state index contributed by atoms with van der Waals surface area (Å²) in [7, 11) is 0. The van der Waals surface area contributed by atoms with Crippen LogP contribution in [-0.4, -0.2) is 5.91 Å². The SMILES string of the molecule is C[C@H](NC(=O)/C(=C/c1ccccc1)c1ccccc1)c1ccc(C(C)(C)C)cc1. The summed E-state index contributed by atoms with van der Waals surface area (Å²) in [6, 6.07) is 28.2. The molecule has 0 bridgehead atoms. The molecule has 3 rings (SSSR count). The first-order chi connectivity index (χ1) is 13.8. The van der Waals surface area contributed by atoms with E-state index in [1.54, 1.807) is 0 Å². The van der Waals surface area contributed by atoms with Gasteiger partial charge in [0.15, 0.2) is 0 Å². The van der Waals surface area contributed by atoms with Gasteiger partial charge in [-0.2, -0.15) is 0 Å². The lowest BCUT2D eigenvalue weighted by Crippen LogP contribution is -2.27. The molecule has 0 aromatic heterocycles. The van der Waals surface area contributed by atoms with Crippen LogP contribution in [0.2, 0.25) is 0 Å². The number of hydrogen-bond acceptors (Lipinski definition) is 1. The van der Waals surface area contributed by atoms with Crippen LogP contribution in [0.1, 0.15) is 56.0 Å². The number of benzene rings is 3. The van der Waals surface area contributed by atoms with Crippen molar-refractivity contribution in [3.8, 4) is 0 Å². The third-order valence-electron chi connectivity index (χ3n) is 5.06. The molecule has 0 heterocycles. The number of carbonyl (C=O) groups excluding carboxylic acids is 1. The average molecular weight is 384 g/mol. The molecular formula is C27H29NO. The molecule has 0 aliphatic carbocycles. The maximum Gasteiger partial charge on any atom is 0.252 e. The Morgan fingerprint density at radius 3 is 1.93 bits per heavy atom. The van der Waals surface area contributed by atoms with Gasteiger partial charge >= 0.3 is 0 Å². The Kier molecular flexibility index (Phi) is 6.33. The Balaban J connectivity index is 1.84. The maximum atomic E-state index is 13.2. The average Bonchev–Trinajstić information content (AvgIpc) is 2.72. The van der Waals surface area contributed by atoms with E-state index in [0.29, 0.717) is 5.57 Å². The molecule has 148 valence electrons. The highest BCUT2D eigenvalue weighted by atomic mass is 16.1. The Labute approximate surface area is 174 Å². The number of hydrogen-bond donors (Lipinski definition) is 1. The molecule has 0 spiro atoms. The van der Waals surface area contributed by atoms with Crippen LogP contribution >= 0.6 is 0 Å². The van der Waals surface area contributed by atoms with E-state index in [0.717, 1.165) is 16.7 Å². The molecule has 0 fully saturated rings. The van der Waals surface area contributed by atoms with E-state index in [1.807, 2.05) is 73.7 Å². The van der Waals surface area contributed by atoms with E-state index >= 15 is 0 Å². The molecule has 1 amide bonds. The predicted octanol–water partition coefficient (Wildman–Crippen LogP) is 6.40. The Hall–Kier alpha value is -3.13. The van der Waals surface area contributed by atoms with Crippen LogP contribution in [0.5, 0.6) is 0 Å². The molecule has 1 atom stereocenters. The van der Waals surface area contributed by atoms with Gasteiger partial charge in [-0.05, 0) is 40.7 Å². The van der Waals surface area contributed by atoms with Gasteiger partial charge in [0.25, 0.3) is 5.91 Å². The third-order valence-corrected chi connectivity index (χ3v) is 5.06. The molecule has 2 nitrogen and oxygen atoms in total. The van der Waals surface area contributed by atoms with Gasteiger partial charge in [0, 0.05) is 5.57 Å². The third kappa shape index (κ3) is 5.45. The number of carbonyl (C=O) groups is 1. The van der Waals surface area contributed by atoms with Crippen LogP contribution in [0.25, 0.3) is 11.6 Å². The monoisotopic (exact) mass is 383 g/mol. The molecule has 3 aromatic carbocycles. The zero-order chi connectivity index (χ0) is 20.9. The Bertz CT molecular complexity index is 965. The molecule has 0 saturated carbocycles. The normalized spacial score (nSPS) is 13.0. The number of amides is 1. The van der Waals surface area contributed by atoms with Gasteiger partial charge in [0.1, 0.15) is 0 Å². The van der Waals surface area contributed by atoms with Crippen LogP contribution < -0.4 is 5.32 Å². The van der Waals surface area contributed by atoms with Crippen LogP contribution in [0.15, 0.2) is 84.9 Å². The van der Waals surface area contributed by atoms with Gasteiger partial charge in [-0.25, -0.2) is 0 Å². The fourth-order valence-corrected chi connectivity index (χ4v) is 3.24. The van der Waals surface area contributed by atoms with Crippen LogP contribution in [0.4, 0.5) is 0 Å².